The van der Waals surface area contributed by atoms with E-state index in [9.17, 15) is 9.59 Å². The Labute approximate surface area is 209 Å². The van der Waals surface area contributed by atoms with E-state index in [1.54, 1.807) is 18.2 Å². The highest BCUT2D eigenvalue weighted by atomic mass is 16.6. The molecule has 188 valence electrons. The highest BCUT2D eigenvalue weighted by molar-refractivity contribution is 6.06. The Morgan fingerprint density at radius 3 is 2.06 bits per heavy atom. The van der Waals surface area contributed by atoms with Gasteiger partial charge in [-0.1, -0.05) is 43.5 Å². The molecule has 1 saturated heterocycles. The lowest BCUT2D eigenvalue weighted by Crippen LogP contribution is -2.40. The summed E-state index contributed by atoms with van der Waals surface area (Å²) in [5, 5.41) is 5.63. The van der Waals surface area contributed by atoms with Gasteiger partial charge in [0.25, 0.3) is 5.91 Å². The van der Waals surface area contributed by atoms with Crippen molar-refractivity contribution in [1.82, 2.24) is 4.90 Å². The number of ether oxygens (including phenoxy) is 1. The zero-order chi connectivity index (χ0) is 24.9. The number of hydrogen-bond acceptors (Lipinski definition) is 4. The van der Waals surface area contributed by atoms with E-state index >= 15 is 0 Å². The molecule has 0 aromatic heterocycles. The van der Waals surface area contributed by atoms with E-state index in [0.29, 0.717) is 22.4 Å². The number of carbonyl (C=O) groups is 2. The van der Waals surface area contributed by atoms with Crippen LogP contribution >= 0.6 is 0 Å². The minimum Gasteiger partial charge on any atom is -0.444 e. The van der Waals surface area contributed by atoms with Gasteiger partial charge in [0.05, 0.1) is 11.4 Å². The van der Waals surface area contributed by atoms with Gasteiger partial charge in [0.15, 0.2) is 0 Å². The second kappa shape index (κ2) is 10.8. The maximum absolute atomic E-state index is 12.9. The quantitative estimate of drug-likeness (QED) is 0.495. The van der Waals surface area contributed by atoms with Crippen molar-refractivity contribution in [2.75, 3.05) is 23.7 Å². The highest BCUT2D eigenvalue weighted by Gasteiger charge is 2.35. The Kier molecular flexibility index (Phi) is 7.80. The fourth-order valence-electron chi connectivity index (χ4n) is 5.32. The smallest absolute Gasteiger partial charge is 0.412 e. The molecule has 0 bridgehead atoms. The summed E-state index contributed by atoms with van der Waals surface area (Å²) in [6.07, 6.45) is 9.15. The number of nitrogens with one attached hydrogen (secondary N) is 2. The summed E-state index contributed by atoms with van der Waals surface area (Å²) in [4.78, 5) is 27.6. The van der Waals surface area contributed by atoms with E-state index in [1.165, 1.54) is 63.6 Å². The third-order valence-electron chi connectivity index (χ3n) is 7.26. The van der Waals surface area contributed by atoms with Crippen LogP contribution in [0.15, 0.2) is 48.5 Å². The van der Waals surface area contributed by atoms with Gasteiger partial charge in [-0.25, -0.2) is 4.79 Å². The number of amides is 2. The fraction of sp³-hybridized carbons (Fsp3) is 0.517. The van der Waals surface area contributed by atoms with Crippen LogP contribution in [-0.4, -0.2) is 35.6 Å². The SMILES string of the molecule is CC(C)(C)OC(=O)Nc1ccccc1NC(=O)c1ccc(CN2CCC3(CCCCC3)CC2)cc1. The van der Waals surface area contributed by atoms with E-state index in [4.69, 9.17) is 4.74 Å². The van der Waals surface area contributed by atoms with E-state index in [-0.39, 0.29) is 5.91 Å². The van der Waals surface area contributed by atoms with Crippen molar-refractivity contribution >= 4 is 23.4 Å². The molecule has 0 radical (unpaired) electrons. The van der Waals surface area contributed by atoms with Crippen molar-refractivity contribution in [2.24, 2.45) is 5.41 Å². The molecule has 0 atom stereocenters. The first-order valence-corrected chi connectivity index (χ1v) is 12.9. The summed E-state index contributed by atoms with van der Waals surface area (Å²) in [6.45, 7) is 8.70. The fourth-order valence-corrected chi connectivity index (χ4v) is 5.32. The molecule has 2 fully saturated rings. The number of nitrogens with zero attached hydrogens (tertiary/aromatic N) is 1. The maximum Gasteiger partial charge on any atom is 0.412 e. The predicted octanol–water partition coefficient (Wildman–Crippen LogP) is 6.83. The van der Waals surface area contributed by atoms with Gasteiger partial charge in [0.2, 0.25) is 0 Å². The summed E-state index contributed by atoms with van der Waals surface area (Å²) >= 11 is 0. The third kappa shape index (κ3) is 7.07. The number of likely N-dealkylation sites (tertiary alicyclic amines) is 1. The molecule has 4 rings (SSSR count). The van der Waals surface area contributed by atoms with Crippen molar-refractivity contribution in [3.63, 3.8) is 0 Å². The van der Waals surface area contributed by atoms with Crippen molar-refractivity contribution in [2.45, 2.75) is 77.9 Å². The zero-order valence-corrected chi connectivity index (χ0v) is 21.4. The summed E-state index contributed by atoms with van der Waals surface area (Å²) in [5.41, 5.74) is 2.85. The minimum absolute atomic E-state index is 0.216. The molecule has 2 aliphatic rings. The van der Waals surface area contributed by atoms with E-state index in [0.717, 1.165) is 6.54 Å². The average Bonchev–Trinajstić information content (AvgIpc) is 2.82. The van der Waals surface area contributed by atoms with Crippen LogP contribution in [0.2, 0.25) is 0 Å². The molecule has 1 aliphatic heterocycles. The third-order valence-corrected chi connectivity index (χ3v) is 7.26. The molecular formula is C29H39N3O3. The lowest BCUT2D eigenvalue weighted by atomic mass is 9.68. The molecule has 2 N–H and O–H groups in total. The molecule has 2 aromatic carbocycles. The van der Waals surface area contributed by atoms with Gasteiger partial charge < -0.3 is 10.1 Å². The Bertz CT molecular complexity index is 1010. The topological polar surface area (TPSA) is 70.7 Å². The number of piperidine rings is 1. The van der Waals surface area contributed by atoms with Crippen molar-refractivity contribution in [3.8, 4) is 0 Å². The summed E-state index contributed by atoms with van der Waals surface area (Å²) in [7, 11) is 0. The van der Waals surface area contributed by atoms with Crippen LogP contribution in [-0.2, 0) is 11.3 Å². The van der Waals surface area contributed by atoms with Crippen molar-refractivity contribution in [1.29, 1.82) is 0 Å². The first-order valence-electron chi connectivity index (χ1n) is 12.9. The molecule has 0 unspecified atom stereocenters. The highest BCUT2D eigenvalue weighted by Crippen LogP contribution is 2.44. The number of para-hydroxylation sites is 2. The van der Waals surface area contributed by atoms with Crippen LogP contribution in [0, 0.1) is 5.41 Å². The summed E-state index contributed by atoms with van der Waals surface area (Å²) in [6, 6.07) is 15.0. The van der Waals surface area contributed by atoms with Gasteiger partial charge in [0, 0.05) is 12.1 Å². The second-order valence-corrected chi connectivity index (χ2v) is 11.2. The number of rotatable bonds is 5. The lowest BCUT2D eigenvalue weighted by molar-refractivity contribution is 0.0635. The standard InChI is InChI=1S/C29H39N3O3/c1-28(2,3)35-27(34)31-25-10-6-5-9-24(25)30-26(33)23-13-11-22(12-14-23)21-32-19-17-29(18-20-32)15-7-4-8-16-29/h5-6,9-14H,4,7-8,15-21H2,1-3H3,(H,30,33)(H,31,34). The molecule has 1 heterocycles. The van der Waals surface area contributed by atoms with Crippen LogP contribution in [0.5, 0.6) is 0 Å². The van der Waals surface area contributed by atoms with Gasteiger partial charge in [-0.05, 0) is 94.8 Å². The molecule has 2 aromatic rings. The molecule has 35 heavy (non-hydrogen) atoms. The first kappa shape index (κ1) is 25.2. The van der Waals surface area contributed by atoms with E-state index in [1.807, 2.05) is 51.1 Å². The van der Waals surface area contributed by atoms with Gasteiger partial charge in [-0.2, -0.15) is 0 Å². The van der Waals surface area contributed by atoms with E-state index in [2.05, 4.69) is 15.5 Å². The lowest BCUT2D eigenvalue weighted by Gasteiger charge is -2.44. The largest absolute Gasteiger partial charge is 0.444 e. The number of hydrogen-bond donors (Lipinski definition) is 2. The maximum atomic E-state index is 12.9. The van der Waals surface area contributed by atoms with Crippen LogP contribution in [0.3, 0.4) is 0 Å². The second-order valence-electron chi connectivity index (χ2n) is 11.2. The monoisotopic (exact) mass is 477 g/mol. The normalized spacial score (nSPS) is 18.1. The first-order chi connectivity index (χ1) is 16.7. The van der Waals surface area contributed by atoms with Crippen molar-refractivity contribution < 1.29 is 14.3 Å². The Balaban J connectivity index is 1.31. The van der Waals surface area contributed by atoms with Crippen LogP contribution < -0.4 is 10.6 Å². The van der Waals surface area contributed by atoms with Crippen molar-refractivity contribution in [3.05, 3.63) is 59.7 Å². The zero-order valence-electron chi connectivity index (χ0n) is 21.4. The Morgan fingerprint density at radius 1 is 0.857 bits per heavy atom. The predicted molar refractivity (Wildman–Crippen MR) is 141 cm³/mol. The number of carbonyl (C=O) groups excluding carboxylic acids is 2. The molecule has 6 nitrogen and oxygen atoms in total. The summed E-state index contributed by atoms with van der Waals surface area (Å²) < 4.78 is 5.33. The molecule has 6 heteroatoms. The van der Waals surface area contributed by atoms with E-state index < -0.39 is 11.7 Å². The molecule has 1 spiro atoms. The number of anilines is 2. The molecule has 2 amide bonds. The molecular weight excluding hydrogens is 438 g/mol. The van der Waals surface area contributed by atoms with Crippen LogP contribution in [0.4, 0.5) is 16.2 Å². The molecule has 1 saturated carbocycles. The summed E-state index contributed by atoms with van der Waals surface area (Å²) in [5.74, 6) is -0.216. The average molecular weight is 478 g/mol. The molecule has 1 aliphatic carbocycles. The van der Waals surface area contributed by atoms with Crippen LogP contribution in [0.25, 0.3) is 0 Å². The van der Waals surface area contributed by atoms with Gasteiger partial charge in [-0.3, -0.25) is 15.0 Å². The number of benzene rings is 2. The minimum atomic E-state index is -0.602. The van der Waals surface area contributed by atoms with Gasteiger partial charge in [0.1, 0.15) is 5.60 Å². The van der Waals surface area contributed by atoms with Crippen LogP contribution in [0.1, 0.15) is 81.6 Å². The van der Waals surface area contributed by atoms with Gasteiger partial charge >= 0.3 is 6.09 Å². The Morgan fingerprint density at radius 2 is 1.46 bits per heavy atom. The Hall–Kier alpha value is -2.86. The van der Waals surface area contributed by atoms with Gasteiger partial charge in [-0.15, -0.1) is 0 Å².